The Morgan fingerprint density at radius 2 is 1.71 bits per heavy atom. The second-order valence-corrected chi connectivity index (χ2v) is 5.44. The number of rotatable bonds is 5. The first kappa shape index (κ1) is 15.1. The molecule has 0 fully saturated rings. The van der Waals surface area contributed by atoms with Gasteiger partial charge < -0.3 is 16.0 Å². The topological polar surface area (TPSA) is 70.2 Å². The largest absolute Gasteiger partial charge is 0.341 e. The van der Waals surface area contributed by atoms with Crippen LogP contribution in [0, 0.1) is 0 Å². The minimum atomic E-state index is -0.275. The second-order valence-electron chi connectivity index (χ2n) is 4.41. The van der Waals surface area contributed by atoms with Crippen molar-refractivity contribution < 1.29 is 9.59 Å². The molecule has 3 N–H and O–H groups in total. The molecule has 5 nitrogen and oxygen atoms in total. The highest BCUT2D eigenvalue weighted by atomic mass is 32.1. The van der Waals surface area contributed by atoms with E-state index in [1.807, 2.05) is 17.5 Å². The summed E-state index contributed by atoms with van der Waals surface area (Å²) >= 11 is 1.65. The van der Waals surface area contributed by atoms with Gasteiger partial charge in [0.2, 0.25) is 5.91 Å². The lowest BCUT2D eigenvalue weighted by Crippen LogP contribution is -2.24. The van der Waals surface area contributed by atoms with Crippen LogP contribution in [0.4, 0.5) is 16.2 Å². The van der Waals surface area contributed by atoms with Gasteiger partial charge in [0.05, 0.1) is 0 Å². The van der Waals surface area contributed by atoms with Gasteiger partial charge in [0.25, 0.3) is 0 Å². The van der Waals surface area contributed by atoms with E-state index < -0.39 is 0 Å². The van der Waals surface area contributed by atoms with Crippen molar-refractivity contribution in [1.29, 1.82) is 0 Å². The summed E-state index contributed by atoms with van der Waals surface area (Å²) < 4.78 is 0. The Morgan fingerprint density at radius 1 is 1.05 bits per heavy atom. The number of anilines is 2. The monoisotopic (exact) mass is 303 g/mol. The molecule has 3 amide bonds. The summed E-state index contributed by atoms with van der Waals surface area (Å²) in [6, 6.07) is 10.7. The molecule has 0 spiro atoms. The van der Waals surface area contributed by atoms with Gasteiger partial charge in [-0.3, -0.25) is 4.79 Å². The zero-order valence-electron chi connectivity index (χ0n) is 11.7. The van der Waals surface area contributed by atoms with Crippen LogP contribution in [0.15, 0.2) is 41.8 Å². The Kier molecular flexibility index (Phi) is 5.34. The van der Waals surface area contributed by atoms with Crippen LogP contribution in [0.5, 0.6) is 0 Å². The Morgan fingerprint density at radius 3 is 2.29 bits per heavy atom. The number of amides is 3. The van der Waals surface area contributed by atoms with Gasteiger partial charge in [0.15, 0.2) is 0 Å². The Hall–Kier alpha value is -2.34. The number of aryl methyl sites for hydroxylation is 1. The number of benzene rings is 1. The number of carbonyl (C=O) groups is 2. The van der Waals surface area contributed by atoms with E-state index in [9.17, 15) is 9.59 Å². The average molecular weight is 303 g/mol. The van der Waals surface area contributed by atoms with Gasteiger partial charge >= 0.3 is 6.03 Å². The van der Waals surface area contributed by atoms with Gasteiger partial charge in [-0.25, -0.2) is 4.79 Å². The summed E-state index contributed by atoms with van der Waals surface area (Å²) in [5.74, 6) is -0.0181. The molecular weight excluding hydrogens is 286 g/mol. The van der Waals surface area contributed by atoms with E-state index in [4.69, 9.17) is 0 Å². The van der Waals surface area contributed by atoms with Crippen molar-refractivity contribution in [2.75, 3.05) is 17.7 Å². The van der Waals surface area contributed by atoms with Crippen LogP contribution in [0.25, 0.3) is 0 Å². The lowest BCUT2D eigenvalue weighted by atomic mass is 10.2. The first-order chi connectivity index (χ1) is 10.2. The third-order valence-electron chi connectivity index (χ3n) is 2.83. The lowest BCUT2D eigenvalue weighted by Gasteiger charge is -2.07. The molecule has 1 aromatic carbocycles. The number of carbonyl (C=O) groups excluding carboxylic acids is 2. The Bertz CT molecular complexity index is 594. The molecular formula is C15H17N3O2S. The Labute approximate surface area is 127 Å². The molecule has 0 aliphatic carbocycles. The highest BCUT2D eigenvalue weighted by molar-refractivity contribution is 7.09. The van der Waals surface area contributed by atoms with Gasteiger partial charge in [0, 0.05) is 29.7 Å². The predicted molar refractivity (Wildman–Crippen MR) is 85.8 cm³/mol. The molecule has 0 saturated carbocycles. The van der Waals surface area contributed by atoms with Crippen LogP contribution < -0.4 is 16.0 Å². The molecule has 1 heterocycles. The first-order valence-corrected chi connectivity index (χ1v) is 7.46. The van der Waals surface area contributed by atoms with Crippen molar-refractivity contribution in [2.45, 2.75) is 12.8 Å². The summed E-state index contributed by atoms with van der Waals surface area (Å²) in [6.07, 6.45) is 1.21. The summed E-state index contributed by atoms with van der Waals surface area (Å²) in [7, 11) is 1.55. The van der Waals surface area contributed by atoms with Crippen LogP contribution in [0.2, 0.25) is 0 Å². The number of urea groups is 1. The Balaban J connectivity index is 1.82. The minimum absolute atomic E-state index is 0.0181. The third kappa shape index (κ3) is 4.92. The van der Waals surface area contributed by atoms with Gasteiger partial charge in [-0.1, -0.05) is 6.07 Å². The summed E-state index contributed by atoms with van der Waals surface area (Å²) in [6.45, 7) is 0. The molecule has 110 valence electrons. The quantitative estimate of drug-likeness (QED) is 0.794. The predicted octanol–water partition coefficient (Wildman–Crippen LogP) is 3.07. The van der Waals surface area contributed by atoms with E-state index in [2.05, 4.69) is 16.0 Å². The summed E-state index contributed by atoms with van der Waals surface area (Å²) in [4.78, 5) is 24.2. The standard InChI is InChI=1S/C15H17N3O2S/c1-16-15(20)18-12-6-4-11(5-7-12)17-14(19)9-8-13-3-2-10-21-13/h2-7,10H,8-9H2,1H3,(H,17,19)(H2,16,18,20). The highest BCUT2D eigenvalue weighted by Crippen LogP contribution is 2.15. The molecule has 0 bridgehead atoms. The second kappa shape index (κ2) is 7.44. The molecule has 0 unspecified atom stereocenters. The molecule has 0 aliphatic heterocycles. The van der Waals surface area contributed by atoms with E-state index in [1.54, 1.807) is 42.6 Å². The molecule has 21 heavy (non-hydrogen) atoms. The van der Waals surface area contributed by atoms with E-state index >= 15 is 0 Å². The van der Waals surface area contributed by atoms with Crippen molar-refractivity contribution in [2.24, 2.45) is 0 Å². The lowest BCUT2D eigenvalue weighted by molar-refractivity contribution is -0.116. The number of thiophene rings is 1. The maximum atomic E-state index is 11.8. The van der Waals surface area contributed by atoms with Crippen LogP contribution in [0.1, 0.15) is 11.3 Å². The molecule has 0 atom stereocenters. The zero-order valence-corrected chi connectivity index (χ0v) is 12.5. The summed E-state index contributed by atoms with van der Waals surface area (Å²) in [5.41, 5.74) is 1.39. The highest BCUT2D eigenvalue weighted by Gasteiger charge is 2.04. The number of hydrogen-bond donors (Lipinski definition) is 3. The molecule has 2 rings (SSSR count). The molecule has 6 heteroatoms. The van der Waals surface area contributed by atoms with E-state index in [1.165, 1.54) is 4.88 Å². The van der Waals surface area contributed by atoms with Crippen molar-refractivity contribution >= 4 is 34.6 Å². The maximum absolute atomic E-state index is 11.8. The fourth-order valence-corrected chi connectivity index (χ4v) is 2.45. The van der Waals surface area contributed by atoms with Gasteiger partial charge in [-0.05, 0) is 42.1 Å². The molecule has 2 aromatic rings. The smallest absolute Gasteiger partial charge is 0.318 e. The fourth-order valence-electron chi connectivity index (χ4n) is 1.75. The molecule has 0 aliphatic rings. The zero-order chi connectivity index (χ0) is 15.1. The molecule has 0 radical (unpaired) electrons. The van der Waals surface area contributed by atoms with Gasteiger partial charge in [-0.2, -0.15) is 0 Å². The van der Waals surface area contributed by atoms with Crippen LogP contribution in [-0.4, -0.2) is 19.0 Å². The minimum Gasteiger partial charge on any atom is -0.341 e. The maximum Gasteiger partial charge on any atom is 0.318 e. The average Bonchev–Trinajstić information content (AvgIpc) is 3.00. The normalized spacial score (nSPS) is 9.95. The summed E-state index contributed by atoms with van der Waals surface area (Å²) in [5, 5.41) is 9.97. The first-order valence-electron chi connectivity index (χ1n) is 6.58. The third-order valence-corrected chi connectivity index (χ3v) is 3.77. The van der Waals surface area contributed by atoms with Crippen LogP contribution >= 0.6 is 11.3 Å². The van der Waals surface area contributed by atoms with Crippen molar-refractivity contribution in [1.82, 2.24) is 5.32 Å². The number of nitrogens with one attached hydrogen (secondary N) is 3. The number of hydrogen-bond acceptors (Lipinski definition) is 3. The SMILES string of the molecule is CNC(=O)Nc1ccc(NC(=O)CCc2cccs2)cc1. The molecule has 1 aromatic heterocycles. The fraction of sp³-hybridized carbons (Fsp3) is 0.200. The van der Waals surface area contributed by atoms with E-state index in [0.29, 0.717) is 17.8 Å². The van der Waals surface area contributed by atoms with Crippen molar-refractivity contribution in [3.05, 3.63) is 46.7 Å². The molecule has 0 saturated heterocycles. The van der Waals surface area contributed by atoms with Crippen LogP contribution in [0.3, 0.4) is 0 Å². The van der Waals surface area contributed by atoms with Gasteiger partial charge in [0.1, 0.15) is 0 Å². The van der Waals surface area contributed by atoms with E-state index in [0.717, 1.165) is 6.42 Å². The van der Waals surface area contributed by atoms with Gasteiger partial charge in [-0.15, -0.1) is 11.3 Å². The van der Waals surface area contributed by atoms with Crippen LogP contribution in [-0.2, 0) is 11.2 Å². The van der Waals surface area contributed by atoms with Crippen molar-refractivity contribution in [3.63, 3.8) is 0 Å². The van der Waals surface area contributed by atoms with E-state index in [-0.39, 0.29) is 11.9 Å². The van der Waals surface area contributed by atoms with Crippen molar-refractivity contribution in [3.8, 4) is 0 Å².